The Bertz CT molecular complexity index is 328. The molecular weight excluding hydrogens is 212 g/mol. The summed E-state index contributed by atoms with van der Waals surface area (Å²) in [5.41, 5.74) is 1.35. The second-order valence-corrected chi connectivity index (χ2v) is 4.85. The van der Waals surface area contributed by atoms with Crippen LogP contribution in [0.25, 0.3) is 0 Å². The molecule has 0 bridgehead atoms. The zero-order valence-electron chi connectivity index (χ0n) is 10.5. The van der Waals surface area contributed by atoms with E-state index in [1.807, 2.05) is 13.1 Å². The SMILES string of the molecule is CN[C@@H]1CCN(Cc2ccccc2)C[C@@H]1CO. The average molecular weight is 234 g/mol. The molecule has 0 aromatic heterocycles. The highest BCUT2D eigenvalue weighted by molar-refractivity contribution is 5.14. The third-order valence-electron chi connectivity index (χ3n) is 3.67. The first-order valence-corrected chi connectivity index (χ1v) is 6.38. The van der Waals surface area contributed by atoms with Crippen LogP contribution in [-0.2, 0) is 6.54 Å². The maximum absolute atomic E-state index is 9.41. The van der Waals surface area contributed by atoms with E-state index in [-0.39, 0.29) is 6.61 Å². The van der Waals surface area contributed by atoms with Gasteiger partial charge in [0.05, 0.1) is 0 Å². The summed E-state index contributed by atoms with van der Waals surface area (Å²) in [5, 5.41) is 12.7. The van der Waals surface area contributed by atoms with Crippen LogP contribution in [0.3, 0.4) is 0 Å². The molecule has 2 rings (SSSR count). The van der Waals surface area contributed by atoms with Gasteiger partial charge in [0.15, 0.2) is 0 Å². The van der Waals surface area contributed by atoms with Crippen LogP contribution in [0.2, 0.25) is 0 Å². The molecule has 0 unspecified atom stereocenters. The molecule has 0 saturated carbocycles. The summed E-state index contributed by atoms with van der Waals surface area (Å²) in [4.78, 5) is 2.43. The van der Waals surface area contributed by atoms with Crippen molar-refractivity contribution in [3.63, 3.8) is 0 Å². The number of nitrogens with one attached hydrogen (secondary N) is 1. The second kappa shape index (κ2) is 6.15. The summed E-state index contributed by atoms with van der Waals surface area (Å²) in [6, 6.07) is 11.0. The zero-order chi connectivity index (χ0) is 12.1. The van der Waals surface area contributed by atoms with E-state index < -0.39 is 0 Å². The number of piperidine rings is 1. The van der Waals surface area contributed by atoms with Gasteiger partial charge in [-0.15, -0.1) is 0 Å². The first-order valence-electron chi connectivity index (χ1n) is 6.38. The third kappa shape index (κ3) is 3.28. The molecule has 3 nitrogen and oxygen atoms in total. The first-order chi connectivity index (χ1) is 8.33. The summed E-state index contributed by atoms with van der Waals surface area (Å²) in [6.07, 6.45) is 1.12. The highest BCUT2D eigenvalue weighted by Gasteiger charge is 2.27. The minimum absolute atomic E-state index is 0.275. The summed E-state index contributed by atoms with van der Waals surface area (Å²) >= 11 is 0. The van der Waals surface area contributed by atoms with Crippen LogP contribution in [0.5, 0.6) is 0 Å². The Morgan fingerprint density at radius 3 is 2.76 bits per heavy atom. The zero-order valence-corrected chi connectivity index (χ0v) is 10.5. The van der Waals surface area contributed by atoms with Crippen LogP contribution in [0.1, 0.15) is 12.0 Å². The smallest absolute Gasteiger partial charge is 0.0486 e. The van der Waals surface area contributed by atoms with Crippen LogP contribution in [0, 0.1) is 5.92 Å². The van der Waals surface area contributed by atoms with Crippen molar-refractivity contribution in [2.45, 2.75) is 19.0 Å². The van der Waals surface area contributed by atoms with Gasteiger partial charge in [-0.3, -0.25) is 4.90 Å². The van der Waals surface area contributed by atoms with Crippen molar-refractivity contribution in [1.82, 2.24) is 10.2 Å². The molecule has 0 aliphatic carbocycles. The van der Waals surface area contributed by atoms with Gasteiger partial charge in [0.25, 0.3) is 0 Å². The predicted octanol–water partition coefficient (Wildman–Crippen LogP) is 1.09. The van der Waals surface area contributed by atoms with Gasteiger partial charge in [-0.2, -0.15) is 0 Å². The first kappa shape index (κ1) is 12.6. The Kier molecular flexibility index (Phi) is 4.54. The van der Waals surface area contributed by atoms with Crippen molar-refractivity contribution >= 4 is 0 Å². The molecule has 94 valence electrons. The lowest BCUT2D eigenvalue weighted by Crippen LogP contribution is -2.49. The van der Waals surface area contributed by atoms with Crippen molar-refractivity contribution in [1.29, 1.82) is 0 Å². The maximum atomic E-state index is 9.41. The monoisotopic (exact) mass is 234 g/mol. The van der Waals surface area contributed by atoms with E-state index >= 15 is 0 Å². The van der Waals surface area contributed by atoms with Gasteiger partial charge in [-0.1, -0.05) is 30.3 Å². The summed E-state index contributed by atoms with van der Waals surface area (Å²) in [6.45, 7) is 3.36. The Morgan fingerprint density at radius 1 is 1.35 bits per heavy atom. The molecule has 1 fully saturated rings. The van der Waals surface area contributed by atoms with Gasteiger partial charge in [-0.25, -0.2) is 0 Å². The predicted molar refractivity (Wildman–Crippen MR) is 69.8 cm³/mol. The molecule has 3 heteroatoms. The van der Waals surface area contributed by atoms with Crippen molar-refractivity contribution in [3.8, 4) is 0 Å². The minimum Gasteiger partial charge on any atom is -0.396 e. The van der Waals surface area contributed by atoms with Gasteiger partial charge in [0, 0.05) is 31.7 Å². The Hall–Kier alpha value is -0.900. The lowest BCUT2D eigenvalue weighted by atomic mass is 9.92. The lowest BCUT2D eigenvalue weighted by Gasteiger charge is -2.37. The van der Waals surface area contributed by atoms with Crippen LogP contribution < -0.4 is 5.32 Å². The fourth-order valence-electron chi connectivity index (χ4n) is 2.66. The number of rotatable bonds is 4. The van der Waals surface area contributed by atoms with Crippen LogP contribution in [-0.4, -0.2) is 42.8 Å². The van der Waals surface area contributed by atoms with E-state index in [1.54, 1.807) is 0 Å². The van der Waals surface area contributed by atoms with Crippen molar-refractivity contribution < 1.29 is 5.11 Å². The van der Waals surface area contributed by atoms with Gasteiger partial charge in [-0.05, 0) is 25.6 Å². The van der Waals surface area contributed by atoms with E-state index in [1.165, 1.54) is 5.56 Å². The van der Waals surface area contributed by atoms with Gasteiger partial charge in [0.1, 0.15) is 0 Å². The fourth-order valence-corrected chi connectivity index (χ4v) is 2.66. The van der Waals surface area contributed by atoms with Crippen molar-refractivity contribution in [2.24, 2.45) is 5.92 Å². The van der Waals surface area contributed by atoms with Crippen molar-refractivity contribution in [2.75, 3.05) is 26.7 Å². The number of hydrogen-bond donors (Lipinski definition) is 2. The fraction of sp³-hybridized carbons (Fsp3) is 0.571. The number of benzene rings is 1. The van der Waals surface area contributed by atoms with Crippen LogP contribution in [0.15, 0.2) is 30.3 Å². The number of aliphatic hydroxyl groups excluding tert-OH is 1. The maximum Gasteiger partial charge on any atom is 0.0486 e. The van der Waals surface area contributed by atoms with E-state index in [2.05, 4.69) is 34.5 Å². The molecule has 1 aliphatic rings. The van der Waals surface area contributed by atoms with Gasteiger partial charge >= 0.3 is 0 Å². The molecule has 1 heterocycles. The Morgan fingerprint density at radius 2 is 2.12 bits per heavy atom. The molecule has 1 aliphatic heterocycles. The highest BCUT2D eigenvalue weighted by atomic mass is 16.3. The lowest BCUT2D eigenvalue weighted by molar-refractivity contribution is 0.0885. The third-order valence-corrected chi connectivity index (χ3v) is 3.67. The Balaban J connectivity index is 1.91. The second-order valence-electron chi connectivity index (χ2n) is 4.85. The number of nitrogens with zero attached hydrogens (tertiary/aromatic N) is 1. The largest absolute Gasteiger partial charge is 0.396 e. The van der Waals surface area contributed by atoms with Gasteiger partial charge in [0.2, 0.25) is 0 Å². The molecule has 2 N–H and O–H groups in total. The summed E-state index contributed by atoms with van der Waals surface area (Å²) in [7, 11) is 1.99. The molecule has 2 atom stereocenters. The van der Waals surface area contributed by atoms with Crippen molar-refractivity contribution in [3.05, 3.63) is 35.9 Å². The average Bonchev–Trinajstić information content (AvgIpc) is 2.40. The minimum atomic E-state index is 0.275. The molecular formula is C14H22N2O. The van der Waals surface area contributed by atoms with E-state index in [0.29, 0.717) is 12.0 Å². The quantitative estimate of drug-likeness (QED) is 0.818. The molecule has 0 amide bonds. The number of hydrogen-bond acceptors (Lipinski definition) is 3. The van der Waals surface area contributed by atoms with E-state index in [0.717, 1.165) is 26.1 Å². The summed E-state index contributed by atoms with van der Waals surface area (Å²) in [5.74, 6) is 0.359. The molecule has 1 saturated heterocycles. The normalized spacial score (nSPS) is 26.0. The van der Waals surface area contributed by atoms with E-state index in [4.69, 9.17) is 0 Å². The van der Waals surface area contributed by atoms with Gasteiger partial charge < -0.3 is 10.4 Å². The number of aliphatic hydroxyl groups is 1. The molecule has 0 radical (unpaired) electrons. The molecule has 17 heavy (non-hydrogen) atoms. The topological polar surface area (TPSA) is 35.5 Å². The standard InChI is InChI=1S/C14H22N2O/c1-15-14-7-8-16(10-13(14)11-17)9-12-5-3-2-4-6-12/h2-6,13-15,17H,7-11H2,1H3/t13-,14-/m1/s1. The number of likely N-dealkylation sites (tertiary alicyclic amines) is 1. The molecule has 1 aromatic carbocycles. The van der Waals surface area contributed by atoms with Crippen LogP contribution >= 0.6 is 0 Å². The highest BCUT2D eigenvalue weighted by Crippen LogP contribution is 2.18. The molecule has 0 spiro atoms. The summed E-state index contributed by atoms with van der Waals surface area (Å²) < 4.78 is 0. The van der Waals surface area contributed by atoms with Crippen LogP contribution in [0.4, 0.5) is 0 Å². The molecule has 1 aromatic rings. The van der Waals surface area contributed by atoms with E-state index in [9.17, 15) is 5.11 Å². The Labute approximate surface area is 103 Å².